The van der Waals surface area contributed by atoms with Crippen LogP contribution in [0, 0.1) is 5.92 Å². The maximum absolute atomic E-state index is 13.0. The molecule has 0 aromatic heterocycles. The van der Waals surface area contributed by atoms with Gasteiger partial charge in [-0.25, -0.2) is 0 Å². The van der Waals surface area contributed by atoms with Gasteiger partial charge in [-0.2, -0.15) is 0 Å². The number of amides is 2. The lowest BCUT2D eigenvalue weighted by molar-refractivity contribution is -0.136. The minimum Gasteiger partial charge on any atom is -0.490 e. The van der Waals surface area contributed by atoms with Crippen LogP contribution in [0.5, 0.6) is 5.75 Å². The van der Waals surface area contributed by atoms with E-state index in [0.29, 0.717) is 23.7 Å². The lowest BCUT2D eigenvalue weighted by Gasteiger charge is -2.35. The van der Waals surface area contributed by atoms with Gasteiger partial charge >= 0.3 is 0 Å². The number of aliphatic imine (C=N–C) groups is 1. The zero-order valence-electron chi connectivity index (χ0n) is 16.2. The molecule has 2 rings (SSSR count). The summed E-state index contributed by atoms with van der Waals surface area (Å²) in [6.45, 7) is 0.0874. The second kappa shape index (κ2) is 9.39. The summed E-state index contributed by atoms with van der Waals surface area (Å²) in [5, 5.41) is 0. The summed E-state index contributed by atoms with van der Waals surface area (Å²) in [7, 11) is 3.43. The van der Waals surface area contributed by atoms with Gasteiger partial charge in [0.15, 0.2) is 5.54 Å². The van der Waals surface area contributed by atoms with E-state index in [0.717, 1.165) is 12.8 Å². The van der Waals surface area contributed by atoms with Crippen LogP contribution in [0.25, 0.3) is 0 Å². The Kier molecular flexibility index (Phi) is 7.21. The van der Waals surface area contributed by atoms with Gasteiger partial charge in [-0.05, 0) is 36.6 Å². The molecule has 1 aromatic rings. The van der Waals surface area contributed by atoms with Gasteiger partial charge in [0.05, 0.1) is 6.34 Å². The molecule has 1 atom stereocenters. The molecule has 2 amide bonds. The van der Waals surface area contributed by atoms with Crippen molar-refractivity contribution in [1.29, 1.82) is 0 Å². The van der Waals surface area contributed by atoms with Gasteiger partial charge in [-0.1, -0.05) is 32.1 Å². The number of primary amides is 1. The van der Waals surface area contributed by atoms with Gasteiger partial charge in [0.25, 0.3) is 5.91 Å². The third-order valence-electron chi connectivity index (χ3n) is 5.09. The van der Waals surface area contributed by atoms with E-state index in [4.69, 9.17) is 16.2 Å². The summed E-state index contributed by atoms with van der Waals surface area (Å²) in [5.41, 5.74) is 10.2. The first-order valence-electron chi connectivity index (χ1n) is 9.38. The van der Waals surface area contributed by atoms with Gasteiger partial charge in [0, 0.05) is 19.7 Å². The van der Waals surface area contributed by atoms with E-state index in [-0.39, 0.29) is 12.5 Å². The van der Waals surface area contributed by atoms with Crippen molar-refractivity contribution in [2.24, 2.45) is 22.4 Å². The Bertz CT molecular complexity index is 666. The molecule has 1 aliphatic carbocycles. The molecule has 1 saturated carbocycles. The number of hydrogen-bond acceptors (Lipinski definition) is 4. The van der Waals surface area contributed by atoms with Gasteiger partial charge in [-0.15, -0.1) is 0 Å². The van der Waals surface area contributed by atoms with Crippen molar-refractivity contribution >= 4 is 18.2 Å². The van der Waals surface area contributed by atoms with Gasteiger partial charge in [0.2, 0.25) is 5.91 Å². The number of carbonyl (C=O) groups excluding carboxylic acids is 2. The Hall–Kier alpha value is -2.57. The molecular weight excluding hydrogens is 344 g/mol. The number of nitrogens with zero attached hydrogens (tertiary/aromatic N) is 2. The molecule has 0 aliphatic heterocycles. The van der Waals surface area contributed by atoms with Gasteiger partial charge < -0.3 is 21.1 Å². The summed E-state index contributed by atoms with van der Waals surface area (Å²) in [5.74, 6) is 0.353. The van der Waals surface area contributed by atoms with Crippen LogP contribution in [-0.2, 0) is 4.79 Å². The molecule has 27 heavy (non-hydrogen) atoms. The van der Waals surface area contributed by atoms with Crippen LogP contribution in [0.4, 0.5) is 0 Å². The molecule has 7 heteroatoms. The predicted molar refractivity (Wildman–Crippen MR) is 106 cm³/mol. The van der Waals surface area contributed by atoms with E-state index < -0.39 is 11.4 Å². The molecular formula is C20H30N4O3. The second-order valence-corrected chi connectivity index (χ2v) is 7.39. The number of rotatable bonds is 8. The van der Waals surface area contributed by atoms with Crippen molar-refractivity contribution in [3.63, 3.8) is 0 Å². The highest BCUT2D eigenvalue weighted by atomic mass is 16.5. The molecule has 0 bridgehead atoms. The number of ether oxygens (including phenoxy) is 1. The summed E-state index contributed by atoms with van der Waals surface area (Å²) < 4.78 is 5.90. The van der Waals surface area contributed by atoms with E-state index in [2.05, 4.69) is 4.99 Å². The van der Waals surface area contributed by atoms with Crippen LogP contribution < -0.4 is 16.2 Å². The highest BCUT2D eigenvalue weighted by molar-refractivity contribution is 5.92. The fourth-order valence-electron chi connectivity index (χ4n) is 3.70. The maximum atomic E-state index is 13.0. The summed E-state index contributed by atoms with van der Waals surface area (Å²) in [4.78, 5) is 30.1. The van der Waals surface area contributed by atoms with Crippen molar-refractivity contribution < 1.29 is 14.3 Å². The van der Waals surface area contributed by atoms with E-state index in [9.17, 15) is 9.59 Å². The zero-order valence-corrected chi connectivity index (χ0v) is 16.2. The molecule has 0 saturated heterocycles. The van der Waals surface area contributed by atoms with Crippen molar-refractivity contribution in [2.45, 2.75) is 44.1 Å². The van der Waals surface area contributed by atoms with Gasteiger partial charge in [-0.3, -0.25) is 14.6 Å². The van der Waals surface area contributed by atoms with E-state index >= 15 is 0 Å². The van der Waals surface area contributed by atoms with Crippen molar-refractivity contribution in [3.05, 3.63) is 29.8 Å². The van der Waals surface area contributed by atoms with E-state index in [1.54, 1.807) is 38.4 Å². The zero-order chi connectivity index (χ0) is 19.9. The molecule has 4 N–H and O–H groups in total. The van der Waals surface area contributed by atoms with Crippen molar-refractivity contribution in [2.75, 3.05) is 20.7 Å². The molecule has 0 spiro atoms. The highest BCUT2D eigenvalue weighted by Crippen LogP contribution is 2.34. The van der Waals surface area contributed by atoms with Crippen LogP contribution in [0.3, 0.4) is 0 Å². The van der Waals surface area contributed by atoms with Crippen molar-refractivity contribution in [1.82, 2.24) is 4.90 Å². The number of nitrogens with two attached hydrogens (primary N) is 2. The SMILES string of the molecule is CN(C)C(=O)C(COc1ccc(C(N)=O)cc1)(CC1CCCCC1)N=CN. The van der Waals surface area contributed by atoms with Crippen LogP contribution in [0.15, 0.2) is 29.3 Å². The predicted octanol–water partition coefficient (Wildman–Crippen LogP) is 1.95. The molecule has 148 valence electrons. The van der Waals surface area contributed by atoms with E-state index in [1.165, 1.54) is 30.5 Å². The van der Waals surface area contributed by atoms with Gasteiger partial charge in [0.1, 0.15) is 12.4 Å². The number of likely N-dealkylation sites (N-methyl/N-ethyl adjacent to an activating group) is 1. The lowest BCUT2D eigenvalue weighted by atomic mass is 9.79. The number of hydrogen-bond donors (Lipinski definition) is 2. The monoisotopic (exact) mass is 374 g/mol. The molecule has 1 fully saturated rings. The van der Waals surface area contributed by atoms with Crippen LogP contribution >= 0.6 is 0 Å². The first kappa shape index (κ1) is 20.7. The normalized spacial score (nSPS) is 17.4. The van der Waals surface area contributed by atoms with Crippen LogP contribution in [-0.4, -0.2) is 49.3 Å². The third-order valence-corrected chi connectivity index (χ3v) is 5.09. The largest absolute Gasteiger partial charge is 0.490 e. The standard InChI is InChI=1S/C20H30N4O3/c1-24(2)19(26)20(23-14-21,12-15-6-4-3-5-7-15)13-27-17-10-8-16(9-11-17)18(22)25/h8-11,14-15H,3-7,12-13H2,1-2H3,(H2,21,23)(H2,22,25). The minimum absolute atomic E-state index is 0.0874. The van der Waals surface area contributed by atoms with E-state index in [1.807, 2.05) is 0 Å². The number of carbonyl (C=O) groups is 2. The average molecular weight is 374 g/mol. The first-order valence-corrected chi connectivity index (χ1v) is 9.38. The fourth-order valence-corrected chi connectivity index (χ4v) is 3.70. The third kappa shape index (κ3) is 5.45. The minimum atomic E-state index is -1.05. The lowest BCUT2D eigenvalue weighted by Crippen LogP contribution is -2.50. The Labute approximate surface area is 160 Å². The van der Waals surface area contributed by atoms with Crippen LogP contribution in [0.2, 0.25) is 0 Å². The highest BCUT2D eigenvalue weighted by Gasteiger charge is 2.42. The quantitative estimate of drug-likeness (QED) is 0.535. The molecule has 1 aromatic carbocycles. The van der Waals surface area contributed by atoms with Crippen LogP contribution in [0.1, 0.15) is 48.9 Å². The summed E-state index contributed by atoms with van der Waals surface area (Å²) >= 11 is 0. The maximum Gasteiger partial charge on any atom is 0.253 e. The fraction of sp³-hybridized carbons (Fsp3) is 0.550. The topological polar surface area (TPSA) is 111 Å². The number of benzene rings is 1. The Morgan fingerprint density at radius 1 is 1.22 bits per heavy atom. The first-order chi connectivity index (χ1) is 12.9. The summed E-state index contributed by atoms with van der Waals surface area (Å²) in [6.07, 6.45) is 7.60. The second-order valence-electron chi connectivity index (χ2n) is 7.39. The molecule has 0 heterocycles. The molecule has 0 radical (unpaired) electrons. The molecule has 7 nitrogen and oxygen atoms in total. The molecule has 1 unspecified atom stereocenters. The average Bonchev–Trinajstić information content (AvgIpc) is 2.66. The Morgan fingerprint density at radius 2 is 1.85 bits per heavy atom. The molecule has 1 aliphatic rings. The smallest absolute Gasteiger partial charge is 0.253 e. The summed E-state index contributed by atoms with van der Waals surface area (Å²) in [6, 6.07) is 6.52. The Balaban J connectivity index is 2.21. The van der Waals surface area contributed by atoms with Crippen molar-refractivity contribution in [3.8, 4) is 5.75 Å². The Morgan fingerprint density at radius 3 is 2.37 bits per heavy atom.